The molecular weight excluding hydrogens is 686 g/mol. The number of ether oxygens (including phenoxy) is 2. The van der Waals surface area contributed by atoms with Gasteiger partial charge in [0.15, 0.2) is 0 Å². The van der Waals surface area contributed by atoms with E-state index in [1.807, 2.05) is 29.8 Å². The molecule has 0 spiro atoms. The van der Waals surface area contributed by atoms with Gasteiger partial charge in [-0.3, -0.25) is 34.8 Å². The normalized spacial score (nSPS) is 10.4. The third-order valence-corrected chi connectivity index (χ3v) is 7.62. The molecular formula is C37H45N7O9. The summed E-state index contributed by atoms with van der Waals surface area (Å²) >= 11 is 0. The molecule has 4 aromatic rings. The summed E-state index contributed by atoms with van der Waals surface area (Å²) in [6.07, 6.45) is 4.24. The van der Waals surface area contributed by atoms with Gasteiger partial charge in [-0.15, -0.1) is 0 Å². The molecule has 5 N–H and O–H groups in total. The van der Waals surface area contributed by atoms with Gasteiger partial charge in [-0.2, -0.15) is 0 Å². The number of carboxylic acids is 2. The minimum atomic E-state index is -1.31. The van der Waals surface area contributed by atoms with Crippen LogP contribution in [0.4, 0.5) is 16.3 Å². The van der Waals surface area contributed by atoms with Crippen molar-refractivity contribution in [3.8, 4) is 0 Å². The van der Waals surface area contributed by atoms with Crippen LogP contribution in [0.25, 0.3) is 11.0 Å². The number of amides is 2. The number of nitrogens with one attached hydrogen (secondary N) is 3. The molecule has 2 amide bonds. The Morgan fingerprint density at radius 1 is 0.906 bits per heavy atom. The summed E-state index contributed by atoms with van der Waals surface area (Å²) in [6, 6.07) is 17.7. The molecule has 282 valence electrons. The molecule has 2 aromatic carbocycles. The van der Waals surface area contributed by atoms with Gasteiger partial charge in [0.2, 0.25) is 0 Å². The van der Waals surface area contributed by atoms with Crippen LogP contribution in [0.2, 0.25) is 0 Å². The summed E-state index contributed by atoms with van der Waals surface area (Å²) in [5.41, 5.74) is 3.30. The molecule has 4 rings (SSSR count). The smallest absolute Gasteiger partial charge is 0.412 e. The fourth-order valence-electron chi connectivity index (χ4n) is 4.94. The van der Waals surface area contributed by atoms with Gasteiger partial charge in [-0.05, 0) is 67.9 Å². The van der Waals surface area contributed by atoms with E-state index in [0.29, 0.717) is 35.6 Å². The number of aryl methyl sites for hydroxylation is 1. The zero-order chi connectivity index (χ0) is 38.8. The first kappa shape index (κ1) is 41.1. The quantitative estimate of drug-likeness (QED) is 0.0304. The Labute approximate surface area is 306 Å². The summed E-state index contributed by atoms with van der Waals surface area (Å²) in [5, 5.41) is 29.4. The summed E-state index contributed by atoms with van der Waals surface area (Å²) in [5.74, 6) is -2.14. The fraction of sp³-hybridized carbons (Fsp3) is 0.351. The molecule has 53 heavy (non-hydrogen) atoms. The Kier molecular flexibility index (Phi) is 16.4. The number of hydrogen-bond acceptors (Lipinski definition) is 11. The second kappa shape index (κ2) is 21.1. The molecule has 0 saturated heterocycles. The van der Waals surface area contributed by atoms with E-state index in [1.54, 1.807) is 55.6 Å². The Bertz CT molecular complexity index is 1850. The van der Waals surface area contributed by atoms with E-state index < -0.39 is 24.5 Å². The van der Waals surface area contributed by atoms with Crippen LogP contribution < -0.4 is 15.5 Å². The molecule has 0 fully saturated rings. The number of imidazole rings is 1. The van der Waals surface area contributed by atoms with Crippen LogP contribution in [-0.4, -0.2) is 80.3 Å². The molecule has 0 aliphatic heterocycles. The predicted octanol–water partition coefficient (Wildman–Crippen LogP) is 5.36. The number of carbonyl (C=O) groups excluding carboxylic acids is 3. The number of esters is 1. The highest BCUT2D eigenvalue weighted by Gasteiger charge is 2.21. The van der Waals surface area contributed by atoms with Gasteiger partial charge in [-0.25, -0.2) is 14.8 Å². The number of aliphatic carboxylic acids is 2. The highest BCUT2D eigenvalue weighted by atomic mass is 16.5. The molecule has 16 nitrogen and oxygen atoms in total. The average molecular weight is 732 g/mol. The number of hydrogen-bond donors (Lipinski definition) is 5. The van der Waals surface area contributed by atoms with Crippen molar-refractivity contribution in [2.75, 3.05) is 30.0 Å². The standard InChI is InChI=1S/C34H41N7O5.C3H4O4/c1-4-6-7-10-21-46-34(44)39-32(35)24-12-15-26(16-13-24)37-23-30-38-27-22-25(14-17-28(27)40(30)3)33(43)41(20-18-31(42)45-5-2)29-11-8-9-19-36-29;4-2(5)1-3(6)7/h8-9,11-17,19,22,37H,4-7,10,18,20-21,23H2,1-3H3,(H2,35,39,44);1H2,(H,4,5)(H,6,7). The van der Waals surface area contributed by atoms with Crippen molar-refractivity contribution in [3.05, 3.63) is 83.8 Å². The number of anilines is 2. The molecule has 0 atom stereocenters. The zero-order valence-corrected chi connectivity index (χ0v) is 30.0. The van der Waals surface area contributed by atoms with Crippen LogP contribution in [0.5, 0.6) is 0 Å². The van der Waals surface area contributed by atoms with Gasteiger partial charge in [0.1, 0.15) is 23.9 Å². The van der Waals surface area contributed by atoms with E-state index >= 15 is 0 Å². The second-order valence-corrected chi connectivity index (χ2v) is 11.6. The largest absolute Gasteiger partial charge is 0.481 e. The number of carbonyl (C=O) groups is 5. The van der Waals surface area contributed by atoms with Gasteiger partial charge in [0, 0.05) is 36.6 Å². The Balaban J connectivity index is 0.000000980. The second-order valence-electron chi connectivity index (χ2n) is 11.6. The van der Waals surface area contributed by atoms with Crippen molar-refractivity contribution < 1.29 is 43.7 Å². The van der Waals surface area contributed by atoms with Crippen molar-refractivity contribution in [2.45, 2.75) is 58.9 Å². The van der Waals surface area contributed by atoms with Crippen LogP contribution in [0, 0.1) is 5.41 Å². The summed E-state index contributed by atoms with van der Waals surface area (Å²) in [4.78, 5) is 67.0. The lowest BCUT2D eigenvalue weighted by molar-refractivity contribution is -0.147. The average Bonchev–Trinajstić information content (AvgIpc) is 3.45. The SMILES string of the molecule is CCCCCCOC(=O)NC(=N)c1ccc(NCc2nc3cc(C(=O)N(CCC(=O)OCC)c4ccccn4)ccc3n2C)cc1.O=C(O)CC(=O)O. The van der Waals surface area contributed by atoms with E-state index in [9.17, 15) is 24.0 Å². The minimum Gasteiger partial charge on any atom is -0.481 e. The van der Waals surface area contributed by atoms with Crippen molar-refractivity contribution in [1.29, 1.82) is 5.41 Å². The summed E-state index contributed by atoms with van der Waals surface area (Å²) < 4.78 is 12.2. The van der Waals surface area contributed by atoms with Gasteiger partial charge < -0.3 is 29.6 Å². The fourth-order valence-corrected chi connectivity index (χ4v) is 4.94. The Morgan fingerprint density at radius 3 is 2.25 bits per heavy atom. The molecule has 16 heteroatoms. The van der Waals surface area contributed by atoms with Crippen LogP contribution in [0.1, 0.15) is 74.1 Å². The molecule has 0 unspecified atom stereocenters. The first-order valence-corrected chi connectivity index (χ1v) is 17.1. The third kappa shape index (κ3) is 13.4. The van der Waals surface area contributed by atoms with Crippen molar-refractivity contribution >= 4 is 58.3 Å². The van der Waals surface area contributed by atoms with Crippen LogP contribution in [-0.2, 0) is 37.4 Å². The van der Waals surface area contributed by atoms with Crippen molar-refractivity contribution in [3.63, 3.8) is 0 Å². The van der Waals surface area contributed by atoms with Crippen LogP contribution in [0.15, 0.2) is 66.9 Å². The number of carboxylic acid groups (broad SMARTS) is 2. The number of nitrogens with zero attached hydrogens (tertiary/aromatic N) is 4. The van der Waals surface area contributed by atoms with E-state index in [4.69, 9.17) is 30.1 Å². The summed E-state index contributed by atoms with van der Waals surface area (Å²) in [7, 11) is 1.91. The topological polar surface area (TPSA) is 226 Å². The van der Waals surface area contributed by atoms with Crippen LogP contribution >= 0.6 is 0 Å². The lowest BCUT2D eigenvalue weighted by Crippen LogP contribution is -2.34. The van der Waals surface area contributed by atoms with Gasteiger partial charge in [0.05, 0.1) is 37.2 Å². The molecule has 0 radical (unpaired) electrons. The maximum Gasteiger partial charge on any atom is 0.412 e. The number of aromatic nitrogens is 3. The zero-order valence-electron chi connectivity index (χ0n) is 30.0. The number of rotatable bonds is 17. The molecule has 2 heterocycles. The molecule has 0 aliphatic rings. The van der Waals surface area contributed by atoms with Crippen molar-refractivity contribution in [2.24, 2.45) is 7.05 Å². The number of alkyl carbamates (subject to hydrolysis) is 1. The van der Waals surface area contributed by atoms with Gasteiger partial charge in [0.25, 0.3) is 5.91 Å². The lowest BCUT2D eigenvalue weighted by Gasteiger charge is -2.21. The minimum absolute atomic E-state index is 0.0340. The maximum absolute atomic E-state index is 13.6. The van der Waals surface area contributed by atoms with E-state index in [-0.39, 0.29) is 37.3 Å². The molecule has 0 bridgehead atoms. The van der Waals surface area contributed by atoms with E-state index in [2.05, 4.69) is 22.5 Å². The van der Waals surface area contributed by atoms with Crippen molar-refractivity contribution in [1.82, 2.24) is 19.9 Å². The molecule has 2 aromatic heterocycles. The predicted molar refractivity (Wildman–Crippen MR) is 197 cm³/mol. The summed E-state index contributed by atoms with van der Waals surface area (Å²) in [6.45, 7) is 5.01. The number of pyridine rings is 1. The van der Waals surface area contributed by atoms with E-state index in [1.165, 1.54) is 4.90 Å². The lowest BCUT2D eigenvalue weighted by atomic mass is 10.1. The van der Waals surface area contributed by atoms with Gasteiger partial charge >= 0.3 is 24.0 Å². The molecule has 0 saturated carbocycles. The highest BCUT2D eigenvalue weighted by molar-refractivity contribution is 6.07. The first-order valence-electron chi connectivity index (χ1n) is 17.1. The molecule has 0 aliphatic carbocycles. The highest BCUT2D eigenvalue weighted by Crippen LogP contribution is 2.21. The van der Waals surface area contributed by atoms with Crippen LogP contribution in [0.3, 0.4) is 0 Å². The monoisotopic (exact) mass is 731 g/mol. The number of benzene rings is 2. The maximum atomic E-state index is 13.6. The van der Waals surface area contributed by atoms with Gasteiger partial charge in [-0.1, -0.05) is 32.3 Å². The Morgan fingerprint density at radius 2 is 1.62 bits per heavy atom. The Hall–Kier alpha value is -6.32. The van der Waals surface area contributed by atoms with E-state index in [0.717, 1.165) is 42.7 Å². The first-order chi connectivity index (χ1) is 25.4. The third-order valence-electron chi connectivity index (χ3n) is 7.62. The number of amidine groups is 1. The number of unbranched alkanes of at least 4 members (excludes halogenated alkanes) is 3. The number of fused-ring (bicyclic) bond motifs is 1.